The fourth-order valence-corrected chi connectivity index (χ4v) is 3.08. The summed E-state index contributed by atoms with van der Waals surface area (Å²) in [5.41, 5.74) is 0.222. The Morgan fingerprint density at radius 1 is 1.19 bits per heavy atom. The van der Waals surface area contributed by atoms with Crippen molar-refractivity contribution < 1.29 is 14.7 Å². The fourth-order valence-electron chi connectivity index (χ4n) is 1.98. The van der Waals surface area contributed by atoms with Crippen molar-refractivity contribution in [3.8, 4) is 0 Å². The molecule has 0 bridgehead atoms. The van der Waals surface area contributed by atoms with E-state index in [2.05, 4.69) is 0 Å². The number of carbonyl (C=O) groups excluding carboxylic acids is 1. The highest BCUT2D eigenvalue weighted by Crippen LogP contribution is 2.23. The third-order valence-corrected chi connectivity index (χ3v) is 4.25. The van der Waals surface area contributed by atoms with Crippen LogP contribution in [-0.2, 0) is 6.54 Å². The van der Waals surface area contributed by atoms with Gasteiger partial charge in [-0.05, 0) is 31.2 Å². The van der Waals surface area contributed by atoms with Crippen LogP contribution in [0.4, 0.5) is 0 Å². The third-order valence-electron chi connectivity index (χ3n) is 3.03. The number of carboxylic acid groups (broad SMARTS) is 1. The lowest BCUT2D eigenvalue weighted by Crippen LogP contribution is -2.31. The Bertz CT molecular complexity index is 668. The predicted octanol–water partition coefficient (Wildman–Crippen LogP) is 3.76. The molecule has 1 aromatic carbocycles. The molecule has 0 atom stereocenters. The first kappa shape index (κ1) is 15.5. The maximum atomic E-state index is 12.5. The zero-order valence-corrected chi connectivity index (χ0v) is 12.9. The van der Waals surface area contributed by atoms with Crippen molar-refractivity contribution in [1.82, 2.24) is 4.90 Å². The molecule has 0 saturated heterocycles. The van der Waals surface area contributed by atoms with Gasteiger partial charge in [-0.25, -0.2) is 4.79 Å². The molecule has 0 aliphatic carbocycles. The van der Waals surface area contributed by atoms with Crippen LogP contribution in [0.25, 0.3) is 0 Å². The topological polar surface area (TPSA) is 57.6 Å². The second-order valence-electron chi connectivity index (χ2n) is 4.38. The van der Waals surface area contributed by atoms with E-state index >= 15 is 0 Å². The molecule has 1 amide bonds. The Kier molecular flexibility index (Phi) is 4.98. The van der Waals surface area contributed by atoms with Crippen LogP contribution >= 0.6 is 22.9 Å². The van der Waals surface area contributed by atoms with Gasteiger partial charge in [-0.3, -0.25) is 4.79 Å². The van der Waals surface area contributed by atoms with Crippen molar-refractivity contribution in [3.05, 3.63) is 56.7 Å². The molecule has 1 N–H and O–H groups in total. The number of benzene rings is 1. The van der Waals surface area contributed by atoms with Crippen molar-refractivity contribution in [3.63, 3.8) is 0 Å². The van der Waals surface area contributed by atoms with Gasteiger partial charge in [-0.15, -0.1) is 11.3 Å². The Balaban J connectivity index is 2.26. The molecule has 0 radical (unpaired) electrons. The number of amides is 1. The molecule has 110 valence electrons. The normalized spacial score (nSPS) is 10.4. The second kappa shape index (κ2) is 6.74. The van der Waals surface area contributed by atoms with Gasteiger partial charge in [0.15, 0.2) is 0 Å². The van der Waals surface area contributed by atoms with E-state index in [1.165, 1.54) is 23.5 Å². The molecular formula is C15H14ClNO3S. The number of carbonyl (C=O) groups is 2. The van der Waals surface area contributed by atoms with E-state index in [0.29, 0.717) is 17.4 Å². The van der Waals surface area contributed by atoms with Crippen LogP contribution in [0.2, 0.25) is 4.34 Å². The van der Waals surface area contributed by atoms with E-state index in [1.54, 1.807) is 23.1 Å². The summed E-state index contributed by atoms with van der Waals surface area (Å²) in [6, 6.07) is 9.89. The summed E-state index contributed by atoms with van der Waals surface area (Å²) in [5.74, 6) is -1.39. The maximum Gasteiger partial charge on any atom is 0.336 e. The third kappa shape index (κ3) is 3.62. The Morgan fingerprint density at radius 2 is 1.86 bits per heavy atom. The van der Waals surface area contributed by atoms with E-state index in [4.69, 9.17) is 11.6 Å². The van der Waals surface area contributed by atoms with Crippen LogP contribution in [0.1, 0.15) is 32.5 Å². The Morgan fingerprint density at radius 3 is 2.38 bits per heavy atom. The van der Waals surface area contributed by atoms with Gasteiger partial charge in [0.25, 0.3) is 5.91 Å². The molecular weight excluding hydrogens is 310 g/mol. The number of hydrogen-bond acceptors (Lipinski definition) is 3. The van der Waals surface area contributed by atoms with Crippen molar-refractivity contribution in [2.75, 3.05) is 6.54 Å². The van der Waals surface area contributed by atoms with Gasteiger partial charge in [0, 0.05) is 11.4 Å². The smallest absolute Gasteiger partial charge is 0.336 e. The lowest BCUT2D eigenvalue weighted by atomic mass is 10.1. The van der Waals surface area contributed by atoms with E-state index < -0.39 is 5.97 Å². The predicted molar refractivity (Wildman–Crippen MR) is 83.1 cm³/mol. The summed E-state index contributed by atoms with van der Waals surface area (Å²) in [6.45, 7) is 2.76. The molecule has 0 fully saturated rings. The lowest BCUT2D eigenvalue weighted by Gasteiger charge is -2.21. The minimum Gasteiger partial charge on any atom is -0.478 e. The van der Waals surface area contributed by atoms with E-state index in [-0.39, 0.29) is 17.0 Å². The summed E-state index contributed by atoms with van der Waals surface area (Å²) in [6.07, 6.45) is 0. The SMILES string of the molecule is CCN(Cc1ccc(Cl)s1)C(=O)c1ccccc1C(=O)O. The van der Waals surface area contributed by atoms with Crippen molar-refractivity contribution >= 4 is 34.8 Å². The van der Waals surface area contributed by atoms with E-state index in [9.17, 15) is 14.7 Å². The Labute approximate surface area is 131 Å². The molecule has 2 aromatic rings. The van der Waals surface area contributed by atoms with Gasteiger partial charge in [0.1, 0.15) is 0 Å². The van der Waals surface area contributed by atoms with Crippen LogP contribution in [0.5, 0.6) is 0 Å². The van der Waals surface area contributed by atoms with Gasteiger partial charge in [-0.2, -0.15) is 0 Å². The standard InChI is InChI=1S/C15H14ClNO3S/c1-2-17(9-10-7-8-13(16)21-10)14(18)11-5-3-4-6-12(11)15(19)20/h3-8H,2,9H2,1H3,(H,19,20). The van der Waals surface area contributed by atoms with Crippen molar-refractivity contribution in [2.45, 2.75) is 13.5 Å². The summed E-state index contributed by atoms with van der Waals surface area (Å²) >= 11 is 7.30. The summed E-state index contributed by atoms with van der Waals surface area (Å²) in [4.78, 5) is 26.3. The molecule has 0 unspecified atom stereocenters. The van der Waals surface area contributed by atoms with Crippen molar-refractivity contribution in [1.29, 1.82) is 0 Å². The molecule has 0 aliphatic heterocycles. The number of aromatic carboxylic acids is 1. The number of nitrogens with zero attached hydrogens (tertiary/aromatic N) is 1. The molecule has 0 aliphatic rings. The maximum absolute atomic E-state index is 12.5. The largest absolute Gasteiger partial charge is 0.478 e. The lowest BCUT2D eigenvalue weighted by molar-refractivity contribution is 0.0674. The molecule has 0 spiro atoms. The first-order chi connectivity index (χ1) is 10.0. The first-order valence-corrected chi connectivity index (χ1v) is 7.58. The number of rotatable bonds is 5. The van der Waals surface area contributed by atoms with Crippen LogP contribution in [0, 0.1) is 0 Å². The van der Waals surface area contributed by atoms with E-state index in [1.807, 2.05) is 13.0 Å². The van der Waals surface area contributed by atoms with Gasteiger partial charge in [-0.1, -0.05) is 23.7 Å². The summed E-state index contributed by atoms with van der Waals surface area (Å²) < 4.78 is 0.666. The fraction of sp³-hybridized carbons (Fsp3) is 0.200. The minimum atomic E-state index is -1.10. The van der Waals surface area contributed by atoms with E-state index in [0.717, 1.165) is 4.88 Å². The zero-order valence-electron chi connectivity index (χ0n) is 11.4. The number of thiophene rings is 1. The highest BCUT2D eigenvalue weighted by Gasteiger charge is 2.21. The molecule has 4 nitrogen and oxygen atoms in total. The monoisotopic (exact) mass is 323 g/mol. The average Bonchev–Trinajstić information content (AvgIpc) is 2.89. The van der Waals surface area contributed by atoms with Gasteiger partial charge in [0.05, 0.1) is 22.0 Å². The van der Waals surface area contributed by atoms with Gasteiger partial charge < -0.3 is 10.0 Å². The minimum absolute atomic E-state index is 0.0187. The van der Waals surface area contributed by atoms with Crippen LogP contribution in [0.3, 0.4) is 0 Å². The van der Waals surface area contributed by atoms with Crippen molar-refractivity contribution in [2.24, 2.45) is 0 Å². The molecule has 1 heterocycles. The first-order valence-electron chi connectivity index (χ1n) is 6.38. The number of hydrogen-bond donors (Lipinski definition) is 1. The number of carboxylic acids is 1. The van der Waals surface area contributed by atoms with Crippen LogP contribution in [-0.4, -0.2) is 28.4 Å². The molecule has 0 saturated carbocycles. The summed E-state index contributed by atoms with van der Waals surface area (Å²) in [5, 5.41) is 9.18. The average molecular weight is 324 g/mol. The summed E-state index contributed by atoms with van der Waals surface area (Å²) in [7, 11) is 0. The Hall–Kier alpha value is -1.85. The molecule has 2 rings (SSSR count). The van der Waals surface area contributed by atoms with Gasteiger partial charge in [0.2, 0.25) is 0 Å². The highest BCUT2D eigenvalue weighted by atomic mass is 35.5. The van der Waals surface area contributed by atoms with Crippen LogP contribution < -0.4 is 0 Å². The number of halogens is 1. The van der Waals surface area contributed by atoms with Crippen LogP contribution in [0.15, 0.2) is 36.4 Å². The molecule has 6 heteroatoms. The molecule has 1 aromatic heterocycles. The quantitative estimate of drug-likeness (QED) is 0.911. The highest BCUT2D eigenvalue weighted by molar-refractivity contribution is 7.16. The molecule has 21 heavy (non-hydrogen) atoms. The zero-order chi connectivity index (χ0) is 15.4. The van der Waals surface area contributed by atoms with Gasteiger partial charge >= 0.3 is 5.97 Å². The second-order valence-corrected chi connectivity index (χ2v) is 6.18.